The summed E-state index contributed by atoms with van der Waals surface area (Å²) in [6.07, 6.45) is 1.41. The number of non-ortho nitro benzene ring substituents is 1. The number of carbonyl (C=O) groups excluding carboxylic acids is 1. The van der Waals surface area contributed by atoms with Crippen LogP contribution in [0.3, 0.4) is 0 Å². The fraction of sp³-hybridized carbons (Fsp3) is 0.111. The molecule has 0 aromatic heterocycles. The quantitative estimate of drug-likeness (QED) is 0.353. The number of nitrogens with zero attached hydrogens (tertiary/aromatic N) is 2. The average molecular weight is 402 g/mol. The van der Waals surface area contributed by atoms with Crippen molar-refractivity contribution in [2.24, 2.45) is 0 Å². The summed E-state index contributed by atoms with van der Waals surface area (Å²) in [4.78, 5) is 24.8. The molecule has 0 spiro atoms. The molecule has 9 heteroatoms. The van der Waals surface area contributed by atoms with Gasteiger partial charge < -0.3 is 9.84 Å². The Hall–Kier alpha value is -2.91. The van der Waals surface area contributed by atoms with Crippen molar-refractivity contribution in [3.63, 3.8) is 0 Å². The van der Waals surface area contributed by atoms with Gasteiger partial charge in [-0.15, -0.1) is 0 Å². The first kappa shape index (κ1) is 18.9. The van der Waals surface area contributed by atoms with Crippen molar-refractivity contribution >= 4 is 46.0 Å². The van der Waals surface area contributed by atoms with E-state index >= 15 is 0 Å². The van der Waals surface area contributed by atoms with Crippen LogP contribution in [0.1, 0.15) is 11.1 Å². The third kappa shape index (κ3) is 4.09. The zero-order chi connectivity index (χ0) is 19.6. The van der Waals surface area contributed by atoms with Crippen molar-refractivity contribution in [3.05, 3.63) is 68.6 Å². The molecule has 2 aromatic carbocycles. The lowest BCUT2D eigenvalue weighted by molar-refractivity contribution is -0.384. The molecule has 1 saturated heterocycles. The number of thiocarbonyl (C=S) groups is 1. The van der Waals surface area contributed by atoms with Gasteiger partial charge in [0, 0.05) is 17.7 Å². The van der Waals surface area contributed by atoms with E-state index in [2.05, 4.69) is 0 Å². The monoisotopic (exact) mass is 402 g/mol. The summed E-state index contributed by atoms with van der Waals surface area (Å²) in [5, 5.41) is 20.8. The summed E-state index contributed by atoms with van der Waals surface area (Å²) in [5.41, 5.74) is 0.897. The van der Waals surface area contributed by atoms with Crippen molar-refractivity contribution in [2.45, 2.75) is 6.54 Å². The Kier molecular flexibility index (Phi) is 5.43. The number of phenols is 1. The van der Waals surface area contributed by atoms with E-state index in [4.69, 9.17) is 17.0 Å². The molecule has 0 bridgehead atoms. The van der Waals surface area contributed by atoms with Gasteiger partial charge >= 0.3 is 0 Å². The summed E-state index contributed by atoms with van der Waals surface area (Å²) < 4.78 is 5.49. The van der Waals surface area contributed by atoms with Crippen molar-refractivity contribution in [3.8, 4) is 11.5 Å². The predicted octanol–water partition coefficient (Wildman–Crippen LogP) is 3.71. The summed E-state index contributed by atoms with van der Waals surface area (Å²) in [6, 6.07) is 10.9. The van der Waals surface area contributed by atoms with E-state index in [0.717, 1.165) is 17.3 Å². The molecule has 27 heavy (non-hydrogen) atoms. The number of carbonyl (C=O) groups is 1. The van der Waals surface area contributed by atoms with Crippen LogP contribution in [0.4, 0.5) is 5.69 Å². The van der Waals surface area contributed by atoms with Crippen molar-refractivity contribution in [2.75, 3.05) is 7.11 Å². The fourth-order valence-electron chi connectivity index (χ4n) is 2.46. The van der Waals surface area contributed by atoms with E-state index in [-0.39, 0.29) is 22.9 Å². The zero-order valence-electron chi connectivity index (χ0n) is 14.1. The Bertz CT molecular complexity index is 957. The molecule has 0 radical (unpaired) electrons. The molecule has 1 N–H and O–H groups in total. The van der Waals surface area contributed by atoms with Gasteiger partial charge in [-0.05, 0) is 29.8 Å². The Balaban J connectivity index is 1.84. The molecule has 1 aliphatic rings. The standard InChI is InChI=1S/C18H14N2O5S2/c1-25-14-5-2-11(3-6-14)10-19-17(22)16(27-18(19)26)9-12-8-13(20(23)24)4-7-15(12)21/h2-9,21H,10H2,1H3. The molecular weight excluding hydrogens is 388 g/mol. The molecule has 0 atom stereocenters. The highest BCUT2D eigenvalue weighted by Crippen LogP contribution is 2.35. The maximum Gasteiger partial charge on any atom is 0.270 e. The second kappa shape index (κ2) is 7.77. The lowest BCUT2D eigenvalue weighted by Gasteiger charge is -2.14. The maximum atomic E-state index is 12.7. The molecule has 1 fully saturated rings. The van der Waals surface area contributed by atoms with Crippen LogP contribution in [0.25, 0.3) is 6.08 Å². The van der Waals surface area contributed by atoms with Crippen LogP contribution in [-0.4, -0.2) is 32.3 Å². The van der Waals surface area contributed by atoms with Gasteiger partial charge in [0.15, 0.2) is 0 Å². The summed E-state index contributed by atoms with van der Waals surface area (Å²) in [6.45, 7) is 0.299. The minimum atomic E-state index is -0.564. The molecule has 0 saturated carbocycles. The molecule has 0 unspecified atom stereocenters. The number of hydrogen-bond donors (Lipinski definition) is 1. The Morgan fingerprint density at radius 1 is 1.30 bits per heavy atom. The molecular formula is C18H14N2O5S2. The van der Waals surface area contributed by atoms with Crippen LogP contribution < -0.4 is 4.74 Å². The van der Waals surface area contributed by atoms with Crippen LogP contribution in [0.15, 0.2) is 47.4 Å². The maximum absolute atomic E-state index is 12.7. The number of nitro groups is 1. The van der Waals surface area contributed by atoms with Crippen LogP contribution in [0.5, 0.6) is 11.5 Å². The fourth-order valence-corrected chi connectivity index (χ4v) is 3.71. The Morgan fingerprint density at radius 3 is 2.63 bits per heavy atom. The van der Waals surface area contributed by atoms with Gasteiger partial charge in [-0.1, -0.05) is 36.1 Å². The number of ether oxygens (including phenoxy) is 1. The number of aromatic hydroxyl groups is 1. The molecule has 7 nitrogen and oxygen atoms in total. The summed E-state index contributed by atoms with van der Waals surface area (Å²) in [5.74, 6) is 0.248. The summed E-state index contributed by atoms with van der Waals surface area (Å²) >= 11 is 6.38. The number of methoxy groups -OCH3 is 1. The second-order valence-corrected chi connectivity index (χ2v) is 7.29. The molecule has 2 aromatic rings. The number of benzene rings is 2. The van der Waals surface area contributed by atoms with E-state index in [9.17, 15) is 20.0 Å². The van der Waals surface area contributed by atoms with Gasteiger partial charge in [-0.25, -0.2) is 0 Å². The topological polar surface area (TPSA) is 92.9 Å². The number of thioether (sulfide) groups is 1. The van der Waals surface area contributed by atoms with E-state index in [0.29, 0.717) is 21.5 Å². The van der Waals surface area contributed by atoms with E-state index in [1.807, 2.05) is 12.1 Å². The van der Waals surface area contributed by atoms with E-state index in [1.54, 1.807) is 19.2 Å². The first-order chi connectivity index (χ1) is 12.9. The first-order valence-corrected chi connectivity index (χ1v) is 8.97. The van der Waals surface area contributed by atoms with Gasteiger partial charge in [-0.2, -0.15) is 0 Å². The molecule has 0 aliphatic carbocycles. The minimum Gasteiger partial charge on any atom is -0.507 e. The van der Waals surface area contributed by atoms with Crippen LogP contribution in [-0.2, 0) is 11.3 Å². The Labute approximate surface area is 164 Å². The lowest BCUT2D eigenvalue weighted by Crippen LogP contribution is -2.27. The molecule has 1 heterocycles. The molecule has 3 rings (SSSR count). The normalized spacial score (nSPS) is 15.4. The average Bonchev–Trinajstić information content (AvgIpc) is 2.91. The number of nitro benzene ring substituents is 1. The minimum absolute atomic E-state index is 0.152. The molecule has 1 aliphatic heterocycles. The van der Waals surface area contributed by atoms with E-state index < -0.39 is 4.92 Å². The third-order valence-electron chi connectivity index (χ3n) is 3.88. The van der Waals surface area contributed by atoms with Crippen molar-refractivity contribution in [1.29, 1.82) is 0 Å². The third-order valence-corrected chi connectivity index (χ3v) is 5.26. The van der Waals surface area contributed by atoms with Crippen molar-refractivity contribution in [1.82, 2.24) is 4.90 Å². The largest absolute Gasteiger partial charge is 0.507 e. The van der Waals surface area contributed by atoms with Gasteiger partial charge in [-0.3, -0.25) is 19.8 Å². The van der Waals surface area contributed by atoms with E-state index in [1.165, 1.54) is 29.2 Å². The smallest absolute Gasteiger partial charge is 0.270 e. The molecule has 1 amide bonds. The summed E-state index contributed by atoms with van der Waals surface area (Å²) in [7, 11) is 1.57. The van der Waals surface area contributed by atoms with Gasteiger partial charge in [0.1, 0.15) is 15.8 Å². The van der Waals surface area contributed by atoms with Crippen LogP contribution in [0, 0.1) is 10.1 Å². The number of hydrogen-bond acceptors (Lipinski definition) is 7. The van der Waals surface area contributed by atoms with Crippen molar-refractivity contribution < 1.29 is 19.6 Å². The van der Waals surface area contributed by atoms with Gasteiger partial charge in [0.2, 0.25) is 0 Å². The first-order valence-electron chi connectivity index (χ1n) is 7.74. The molecule has 138 valence electrons. The highest BCUT2D eigenvalue weighted by molar-refractivity contribution is 8.26. The lowest BCUT2D eigenvalue weighted by atomic mass is 10.1. The zero-order valence-corrected chi connectivity index (χ0v) is 15.8. The SMILES string of the molecule is COc1ccc(CN2C(=O)C(=Cc3cc([N+](=O)[O-])ccc3O)SC2=S)cc1. The predicted molar refractivity (Wildman–Crippen MR) is 106 cm³/mol. The van der Waals surface area contributed by atoms with Gasteiger partial charge in [0.25, 0.3) is 11.6 Å². The Morgan fingerprint density at radius 2 is 2.00 bits per heavy atom. The number of phenolic OH excluding ortho intramolecular Hbond substituents is 1. The number of rotatable bonds is 5. The highest BCUT2D eigenvalue weighted by atomic mass is 32.2. The second-order valence-electron chi connectivity index (χ2n) is 5.62. The van der Waals surface area contributed by atoms with Crippen LogP contribution in [0.2, 0.25) is 0 Å². The van der Waals surface area contributed by atoms with Gasteiger partial charge in [0.05, 0.1) is 23.5 Å². The highest BCUT2D eigenvalue weighted by Gasteiger charge is 2.32. The van der Waals surface area contributed by atoms with Crippen LogP contribution >= 0.6 is 24.0 Å². The number of amides is 1.